The number of benzene rings is 1. The molecule has 0 aliphatic heterocycles. The van der Waals surface area contributed by atoms with Gasteiger partial charge in [-0.2, -0.15) is 0 Å². The number of rotatable bonds is 5. The predicted octanol–water partition coefficient (Wildman–Crippen LogP) is 3.23. The summed E-state index contributed by atoms with van der Waals surface area (Å²) in [6.07, 6.45) is 1.67. The summed E-state index contributed by atoms with van der Waals surface area (Å²) < 4.78 is 5.55. The second-order valence-electron chi connectivity index (χ2n) is 3.46. The molecule has 0 bridgehead atoms. The number of nitrogens with zero attached hydrogens (tertiary/aromatic N) is 1. The van der Waals surface area contributed by atoms with Crippen LogP contribution in [0.2, 0.25) is 5.15 Å². The van der Waals surface area contributed by atoms with E-state index < -0.39 is 0 Å². The smallest absolute Gasteiger partial charge is 0.131 e. The first-order valence-electron chi connectivity index (χ1n) is 5.38. The molecule has 0 saturated heterocycles. The molecule has 1 aromatic carbocycles. The molecule has 0 atom stereocenters. The zero-order valence-electron chi connectivity index (χ0n) is 9.27. The lowest BCUT2D eigenvalue weighted by Gasteiger charge is -2.08. The van der Waals surface area contributed by atoms with Gasteiger partial charge in [0.25, 0.3) is 0 Å². The van der Waals surface area contributed by atoms with Crippen molar-refractivity contribution in [2.45, 2.75) is 0 Å². The molecular formula is C13H13ClN2O. The maximum absolute atomic E-state index is 5.77. The second-order valence-corrected chi connectivity index (χ2v) is 3.84. The molecule has 1 aromatic heterocycles. The Kier molecular flexibility index (Phi) is 4.22. The average Bonchev–Trinajstić information content (AvgIpc) is 2.36. The monoisotopic (exact) mass is 248 g/mol. The number of ether oxygens (including phenoxy) is 1. The van der Waals surface area contributed by atoms with Crippen LogP contribution < -0.4 is 10.1 Å². The van der Waals surface area contributed by atoms with Crippen molar-refractivity contribution in [3.05, 3.63) is 53.8 Å². The number of hydrogen-bond acceptors (Lipinski definition) is 3. The number of pyridine rings is 1. The quantitative estimate of drug-likeness (QED) is 0.652. The molecule has 3 nitrogen and oxygen atoms in total. The van der Waals surface area contributed by atoms with Crippen molar-refractivity contribution < 1.29 is 4.74 Å². The number of halogens is 1. The van der Waals surface area contributed by atoms with Crippen molar-refractivity contribution in [1.82, 2.24) is 4.98 Å². The van der Waals surface area contributed by atoms with E-state index in [0.717, 1.165) is 18.0 Å². The van der Waals surface area contributed by atoms with Crippen LogP contribution >= 0.6 is 11.6 Å². The third kappa shape index (κ3) is 3.96. The molecule has 0 spiro atoms. The summed E-state index contributed by atoms with van der Waals surface area (Å²) in [7, 11) is 0. The molecule has 0 fully saturated rings. The van der Waals surface area contributed by atoms with Gasteiger partial charge in [-0.3, -0.25) is 0 Å². The van der Waals surface area contributed by atoms with Crippen molar-refractivity contribution in [3.63, 3.8) is 0 Å². The lowest BCUT2D eigenvalue weighted by molar-refractivity contribution is 0.333. The number of para-hydroxylation sites is 1. The molecule has 2 rings (SSSR count). The van der Waals surface area contributed by atoms with Crippen molar-refractivity contribution in [2.75, 3.05) is 18.5 Å². The maximum Gasteiger partial charge on any atom is 0.131 e. The Balaban J connectivity index is 1.73. The van der Waals surface area contributed by atoms with Crippen molar-refractivity contribution in [3.8, 4) is 5.75 Å². The Morgan fingerprint density at radius 1 is 1.18 bits per heavy atom. The lowest BCUT2D eigenvalue weighted by Crippen LogP contribution is -2.11. The van der Waals surface area contributed by atoms with Crippen LogP contribution in [0.3, 0.4) is 0 Å². The van der Waals surface area contributed by atoms with Gasteiger partial charge in [0.05, 0.1) is 0 Å². The van der Waals surface area contributed by atoms with Gasteiger partial charge in [0.15, 0.2) is 0 Å². The van der Waals surface area contributed by atoms with Crippen LogP contribution in [0.1, 0.15) is 0 Å². The number of anilines is 1. The minimum atomic E-state index is 0.485. The zero-order valence-corrected chi connectivity index (χ0v) is 10.0. The lowest BCUT2D eigenvalue weighted by atomic mass is 10.3. The van der Waals surface area contributed by atoms with Gasteiger partial charge < -0.3 is 10.1 Å². The number of nitrogens with one attached hydrogen (secondary N) is 1. The van der Waals surface area contributed by atoms with E-state index in [9.17, 15) is 0 Å². The standard InChI is InChI=1S/C13H13ClN2O/c14-13-10-11(6-7-16-13)15-8-9-17-12-4-2-1-3-5-12/h1-7,10H,8-9H2,(H,15,16). The molecule has 0 saturated carbocycles. The van der Waals surface area contributed by atoms with Crippen LogP contribution in [0.4, 0.5) is 5.69 Å². The fourth-order valence-corrected chi connectivity index (χ4v) is 1.57. The van der Waals surface area contributed by atoms with Crippen LogP contribution in [-0.2, 0) is 0 Å². The Labute approximate surface area is 105 Å². The van der Waals surface area contributed by atoms with Gasteiger partial charge >= 0.3 is 0 Å². The van der Waals surface area contributed by atoms with Gasteiger partial charge in [-0.15, -0.1) is 0 Å². The summed E-state index contributed by atoms with van der Waals surface area (Å²) in [5.41, 5.74) is 0.946. The largest absolute Gasteiger partial charge is 0.492 e. The Morgan fingerprint density at radius 3 is 2.76 bits per heavy atom. The van der Waals surface area contributed by atoms with Crippen molar-refractivity contribution in [2.24, 2.45) is 0 Å². The number of aromatic nitrogens is 1. The molecule has 2 aromatic rings. The van der Waals surface area contributed by atoms with Crippen LogP contribution in [0.5, 0.6) is 5.75 Å². The summed E-state index contributed by atoms with van der Waals surface area (Å²) in [6.45, 7) is 1.32. The van der Waals surface area contributed by atoms with E-state index in [1.54, 1.807) is 12.3 Å². The van der Waals surface area contributed by atoms with Gasteiger partial charge in [0.2, 0.25) is 0 Å². The highest BCUT2D eigenvalue weighted by Crippen LogP contribution is 2.12. The summed E-state index contributed by atoms with van der Waals surface area (Å²) in [6, 6.07) is 13.4. The minimum Gasteiger partial charge on any atom is -0.492 e. The van der Waals surface area contributed by atoms with E-state index in [4.69, 9.17) is 16.3 Å². The molecule has 4 heteroatoms. The maximum atomic E-state index is 5.77. The van der Waals surface area contributed by atoms with Gasteiger partial charge in [0.1, 0.15) is 17.5 Å². The van der Waals surface area contributed by atoms with Crippen LogP contribution in [0.15, 0.2) is 48.7 Å². The van der Waals surface area contributed by atoms with Gasteiger partial charge in [-0.1, -0.05) is 29.8 Å². The second kappa shape index (κ2) is 6.11. The van der Waals surface area contributed by atoms with Crippen LogP contribution in [0.25, 0.3) is 0 Å². The predicted molar refractivity (Wildman–Crippen MR) is 69.7 cm³/mol. The van der Waals surface area contributed by atoms with E-state index in [0.29, 0.717) is 11.8 Å². The van der Waals surface area contributed by atoms with Gasteiger partial charge in [-0.25, -0.2) is 4.98 Å². The fourth-order valence-electron chi connectivity index (χ4n) is 1.39. The van der Waals surface area contributed by atoms with E-state index >= 15 is 0 Å². The third-order valence-electron chi connectivity index (χ3n) is 2.17. The van der Waals surface area contributed by atoms with Gasteiger partial charge in [0, 0.05) is 18.4 Å². The summed E-state index contributed by atoms with van der Waals surface area (Å²) in [4.78, 5) is 3.91. The van der Waals surface area contributed by atoms with E-state index in [1.165, 1.54) is 0 Å². The average molecular weight is 249 g/mol. The summed E-state index contributed by atoms with van der Waals surface area (Å²) in [5, 5.41) is 3.69. The highest BCUT2D eigenvalue weighted by molar-refractivity contribution is 6.29. The first-order valence-corrected chi connectivity index (χ1v) is 5.76. The molecular weight excluding hydrogens is 236 g/mol. The van der Waals surface area contributed by atoms with E-state index in [1.807, 2.05) is 36.4 Å². The van der Waals surface area contributed by atoms with Crippen molar-refractivity contribution >= 4 is 17.3 Å². The van der Waals surface area contributed by atoms with Gasteiger partial charge in [-0.05, 0) is 24.3 Å². The summed E-state index contributed by atoms with van der Waals surface area (Å²) >= 11 is 5.77. The minimum absolute atomic E-state index is 0.485. The fraction of sp³-hybridized carbons (Fsp3) is 0.154. The zero-order chi connectivity index (χ0) is 11.9. The molecule has 0 aliphatic carbocycles. The van der Waals surface area contributed by atoms with E-state index in [2.05, 4.69) is 10.3 Å². The van der Waals surface area contributed by atoms with E-state index in [-0.39, 0.29) is 0 Å². The Morgan fingerprint density at radius 2 is 2.00 bits per heavy atom. The molecule has 17 heavy (non-hydrogen) atoms. The number of hydrogen-bond donors (Lipinski definition) is 1. The topological polar surface area (TPSA) is 34.1 Å². The molecule has 0 radical (unpaired) electrons. The summed E-state index contributed by atoms with van der Waals surface area (Å²) in [5.74, 6) is 0.877. The molecule has 1 N–H and O–H groups in total. The molecule has 0 aliphatic rings. The highest BCUT2D eigenvalue weighted by atomic mass is 35.5. The molecule has 0 amide bonds. The normalized spacial score (nSPS) is 9.94. The molecule has 1 heterocycles. The van der Waals surface area contributed by atoms with Crippen LogP contribution in [0, 0.1) is 0 Å². The Hall–Kier alpha value is -1.74. The third-order valence-corrected chi connectivity index (χ3v) is 2.38. The molecule has 0 unspecified atom stereocenters. The first kappa shape index (κ1) is 11.7. The van der Waals surface area contributed by atoms with Crippen molar-refractivity contribution in [1.29, 1.82) is 0 Å². The first-order chi connectivity index (χ1) is 8.34. The SMILES string of the molecule is Clc1cc(NCCOc2ccccc2)ccn1. The highest BCUT2D eigenvalue weighted by Gasteiger charge is 1.94. The van der Waals surface area contributed by atoms with Crippen LogP contribution in [-0.4, -0.2) is 18.1 Å². The molecule has 88 valence electrons. The Bertz CT molecular complexity index is 462.